The average Bonchev–Trinajstić information content (AvgIpc) is 3.52. The van der Waals surface area contributed by atoms with E-state index in [1.807, 2.05) is 63.4 Å². The fraction of sp³-hybridized carbons (Fsp3) is 0.522. The lowest BCUT2D eigenvalue weighted by molar-refractivity contribution is -0.123. The molecule has 4 rings (SSSR count). The van der Waals surface area contributed by atoms with Crippen molar-refractivity contribution in [2.24, 2.45) is 5.92 Å². The molecular weight excluding hydrogens is 721 g/mol. The first-order valence-electron chi connectivity index (χ1n) is 20.8. The van der Waals surface area contributed by atoms with Gasteiger partial charge in [-0.2, -0.15) is 0 Å². The predicted molar refractivity (Wildman–Crippen MR) is 225 cm³/mol. The van der Waals surface area contributed by atoms with E-state index in [4.69, 9.17) is 14.2 Å². The van der Waals surface area contributed by atoms with Crippen molar-refractivity contribution < 1.29 is 33.4 Å². The molecule has 0 aromatic heterocycles. The summed E-state index contributed by atoms with van der Waals surface area (Å²) in [6.45, 7) is 7.76. The van der Waals surface area contributed by atoms with Crippen LogP contribution in [0.1, 0.15) is 107 Å². The molecule has 1 aliphatic carbocycles. The molecule has 0 heterocycles. The molecule has 11 nitrogen and oxygen atoms in total. The van der Waals surface area contributed by atoms with Crippen LogP contribution in [0.25, 0.3) is 11.1 Å². The Balaban J connectivity index is 0.974. The van der Waals surface area contributed by atoms with E-state index in [-0.39, 0.29) is 35.5 Å². The SMILES string of the molecule is CCNC(=O)CCCOc1ccc(CN(C)CCNC(=O)CC[C@@H](C)CC(=O)CCCCCCCNC(=O)OCC2c3ccccc3-c3ccccc32)c(OC)c1. The quantitative estimate of drug-likeness (QED) is 0.0668. The number of nitrogens with one attached hydrogen (secondary N) is 3. The highest BCUT2D eigenvalue weighted by atomic mass is 16.5. The van der Waals surface area contributed by atoms with Crippen LogP contribution >= 0.6 is 0 Å². The molecule has 57 heavy (non-hydrogen) atoms. The second-order valence-electron chi connectivity index (χ2n) is 15.1. The molecule has 0 saturated heterocycles. The first-order valence-corrected chi connectivity index (χ1v) is 20.8. The zero-order valence-electron chi connectivity index (χ0n) is 34.5. The molecule has 3 aromatic carbocycles. The van der Waals surface area contributed by atoms with Crippen LogP contribution in [0.2, 0.25) is 0 Å². The van der Waals surface area contributed by atoms with Crippen molar-refractivity contribution in [3.63, 3.8) is 0 Å². The maximum absolute atomic E-state index is 12.6. The number of ketones is 1. The van der Waals surface area contributed by atoms with Gasteiger partial charge in [-0.3, -0.25) is 14.4 Å². The lowest BCUT2D eigenvalue weighted by Crippen LogP contribution is -2.32. The van der Waals surface area contributed by atoms with E-state index in [1.54, 1.807) is 7.11 Å². The first kappa shape index (κ1) is 44.8. The van der Waals surface area contributed by atoms with Crippen LogP contribution in [0.15, 0.2) is 66.7 Å². The molecule has 0 saturated carbocycles. The Hall–Kier alpha value is -4.90. The van der Waals surface area contributed by atoms with Crippen molar-refractivity contribution in [3.05, 3.63) is 83.4 Å². The number of benzene rings is 3. The molecule has 0 fully saturated rings. The van der Waals surface area contributed by atoms with E-state index < -0.39 is 0 Å². The smallest absolute Gasteiger partial charge is 0.407 e. The monoisotopic (exact) mass is 784 g/mol. The summed E-state index contributed by atoms with van der Waals surface area (Å²) in [6.07, 6.45) is 7.57. The summed E-state index contributed by atoms with van der Waals surface area (Å²) in [5.74, 6) is 1.93. The summed E-state index contributed by atoms with van der Waals surface area (Å²) in [5.41, 5.74) is 5.84. The molecule has 0 unspecified atom stereocenters. The fourth-order valence-electron chi connectivity index (χ4n) is 7.29. The Bertz CT molecular complexity index is 1680. The Morgan fingerprint density at radius 3 is 2.18 bits per heavy atom. The minimum absolute atomic E-state index is 0.00192. The number of hydrogen-bond acceptors (Lipinski definition) is 8. The van der Waals surface area contributed by atoms with Crippen molar-refractivity contribution in [1.29, 1.82) is 0 Å². The van der Waals surface area contributed by atoms with Gasteiger partial charge in [-0.15, -0.1) is 0 Å². The van der Waals surface area contributed by atoms with Gasteiger partial charge in [0.2, 0.25) is 11.8 Å². The maximum atomic E-state index is 12.6. The molecule has 0 radical (unpaired) electrons. The molecule has 310 valence electrons. The number of carbonyl (C=O) groups excluding carboxylic acids is 4. The van der Waals surface area contributed by atoms with Gasteiger partial charge in [0.05, 0.1) is 13.7 Å². The Morgan fingerprint density at radius 2 is 1.46 bits per heavy atom. The highest BCUT2D eigenvalue weighted by Gasteiger charge is 2.29. The standard InChI is InChI=1S/C46H64N4O7/c1-5-47-44(52)21-15-29-56-37-24-23-35(43(31-37)55-4)32-50(3)28-27-48-45(53)25-22-34(2)30-36(51)16-9-7-6-8-14-26-49-46(54)57-33-42-40-19-12-10-17-38(40)39-18-11-13-20-41(39)42/h10-13,17-20,23-24,31,34,42H,5-9,14-16,21-22,25-30,32-33H2,1-4H3,(H,47,52)(H,48,53)(H,49,54)/t34-/m1/s1. The predicted octanol–water partition coefficient (Wildman–Crippen LogP) is 7.79. The van der Waals surface area contributed by atoms with Gasteiger partial charge in [-0.25, -0.2) is 4.79 Å². The van der Waals surface area contributed by atoms with E-state index in [9.17, 15) is 19.2 Å². The Morgan fingerprint density at radius 1 is 0.772 bits per heavy atom. The van der Waals surface area contributed by atoms with Crippen molar-refractivity contribution in [1.82, 2.24) is 20.9 Å². The van der Waals surface area contributed by atoms with Gasteiger partial charge >= 0.3 is 6.09 Å². The minimum Gasteiger partial charge on any atom is -0.496 e. The number of unbranched alkanes of at least 4 members (excludes halogenated alkanes) is 4. The van der Waals surface area contributed by atoms with E-state index in [0.29, 0.717) is 90.2 Å². The third-order valence-corrected chi connectivity index (χ3v) is 10.4. The van der Waals surface area contributed by atoms with Crippen LogP contribution in [0.4, 0.5) is 4.79 Å². The van der Waals surface area contributed by atoms with E-state index >= 15 is 0 Å². The zero-order chi connectivity index (χ0) is 40.8. The second kappa shape index (κ2) is 24.7. The number of ether oxygens (including phenoxy) is 3. The lowest BCUT2D eigenvalue weighted by atomic mass is 9.96. The van der Waals surface area contributed by atoms with Crippen LogP contribution in [-0.2, 0) is 25.7 Å². The number of likely N-dealkylation sites (N-methyl/N-ethyl adjacent to an activating group) is 1. The van der Waals surface area contributed by atoms with E-state index in [0.717, 1.165) is 43.4 Å². The van der Waals surface area contributed by atoms with Gasteiger partial charge in [0.25, 0.3) is 0 Å². The van der Waals surface area contributed by atoms with E-state index in [2.05, 4.69) is 45.1 Å². The van der Waals surface area contributed by atoms with Crippen LogP contribution in [0.5, 0.6) is 11.5 Å². The van der Waals surface area contributed by atoms with Gasteiger partial charge in [-0.1, -0.05) is 80.8 Å². The number of hydrogen-bond donors (Lipinski definition) is 3. The molecule has 3 N–H and O–H groups in total. The topological polar surface area (TPSA) is 135 Å². The summed E-state index contributed by atoms with van der Waals surface area (Å²) in [5, 5.41) is 8.68. The number of amides is 3. The molecule has 1 atom stereocenters. The molecule has 3 amide bonds. The summed E-state index contributed by atoms with van der Waals surface area (Å²) in [6, 6.07) is 22.4. The van der Waals surface area contributed by atoms with Crippen molar-refractivity contribution in [2.45, 2.75) is 96.9 Å². The van der Waals surface area contributed by atoms with E-state index in [1.165, 1.54) is 22.3 Å². The van der Waals surface area contributed by atoms with Gasteiger partial charge < -0.3 is 35.1 Å². The molecule has 3 aromatic rings. The normalized spacial score (nSPS) is 12.4. The van der Waals surface area contributed by atoms with Crippen LogP contribution < -0.4 is 25.4 Å². The number of nitrogens with zero attached hydrogens (tertiary/aromatic N) is 1. The van der Waals surface area contributed by atoms with Gasteiger partial charge in [-0.05, 0) is 73.9 Å². The van der Waals surface area contributed by atoms with Gasteiger partial charge in [0.1, 0.15) is 23.9 Å². The third kappa shape index (κ3) is 15.5. The number of methoxy groups -OCH3 is 1. The zero-order valence-corrected chi connectivity index (χ0v) is 34.5. The van der Waals surface area contributed by atoms with Crippen molar-refractivity contribution in [2.75, 3.05) is 53.6 Å². The number of carbonyl (C=O) groups is 4. The third-order valence-electron chi connectivity index (χ3n) is 10.4. The van der Waals surface area contributed by atoms with Gasteiger partial charge in [0, 0.05) is 76.0 Å². The first-order chi connectivity index (χ1) is 27.7. The lowest BCUT2D eigenvalue weighted by Gasteiger charge is -2.19. The summed E-state index contributed by atoms with van der Waals surface area (Å²) >= 11 is 0. The molecule has 0 bridgehead atoms. The van der Waals surface area contributed by atoms with Crippen molar-refractivity contribution in [3.8, 4) is 22.6 Å². The molecular formula is C46H64N4O7. The van der Waals surface area contributed by atoms with Crippen LogP contribution in [-0.4, -0.2) is 82.1 Å². The summed E-state index contributed by atoms with van der Waals surface area (Å²) < 4.78 is 17.0. The number of fused-ring (bicyclic) bond motifs is 3. The fourth-order valence-corrected chi connectivity index (χ4v) is 7.29. The largest absolute Gasteiger partial charge is 0.496 e. The highest BCUT2D eigenvalue weighted by Crippen LogP contribution is 2.44. The van der Waals surface area contributed by atoms with Crippen molar-refractivity contribution >= 4 is 23.7 Å². The maximum Gasteiger partial charge on any atom is 0.407 e. The number of rotatable bonds is 27. The molecule has 0 spiro atoms. The molecule has 11 heteroatoms. The Kier molecular flexibility index (Phi) is 19.4. The van der Waals surface area contributed by atoms with Crippen LogP contribution in [0.3, 0.4) is 0 Å². The highest BCUT2D eigenvalue weighted by molar-refractivity contribution is 5.80. The minimum atomic E-state index is -0.382. The molecule has 0 aliphatic heterocycles. The average molecular weight is 785 g/mol. The second-order valence-corrected chi connectivity index (χ2v) is 15.1. The molecule has 1 aliphatic rings. The summed E-state index contributed by atoms with van der Waals surface area (Å²) in [4.78, 5) is 51.2. The Labute approximate surface area is 339 Å². The van der Waals surface area contributed by atoms with Crippen LogP contribution in [0, 0.1) is 5.92 Å². The van der Waals surface area contributed by atoms with Gasteiger partial charge in [0.15, 0.2) is 0 Å². The number of alkyl carbamates (subject to hydrolysis) is 1. The number of Topliss-reactive ketones (excluding diaryl/α,β-unsaturated/α-hetero) is 1. The summed E-state index contributed by atoms with van der Waals surface area (Å²) in [7, 11) is 3.63.